The van der Waals surface area contributed by atoms with Crippen LogP contribution in [0, 0.1) is 0 Å². The number of carbonyl (C=O) groups excluding carboxylic acids is 1. The van der Waals surface area contributed by atoms with E-state index in [9.17, 15) is 4.79 Å². The normalized spacial score (nSPS) is 14.5. The summed E-state index contributed by atoms with van der Waals surface area (Å²) in [5.74, 6) is 0.985. The van der Waals surface area contributed by atoms with E-state index >= 15 is 0 Å². The fourth-order valence-corrected chi connectivity index (χ4v) is 3.68. The SMILES string of the molecule is CCCNC(=O)N1CCN(c2nc3ccccc3n2Cc2ccccc2)CC1. The highest BCUT2D eigenvalue weighted by Gasteiger charge is 2.24. The van der Waals surface area contributed by atoms with Crippen molar-refractivity contribution in [2.75, 3.05) is 37.6 Å². The van der Waals surface area contributed by atoms with Crippen molar-refractivity contribution in [3.63, 3.8) is 0 Å². The molecule has 0 bridgehead atoms. The summed E-state index contributed by atoms with van der Waals surface area (Å²) in [5, 5.41) is 2.97. The largest absolute Gasteiger partial charge is 0.339 e. The Hall–Kier alpha value is -3.02. The zero-order chi connectivity index (χ0) is 19.3. The molecule has 1 saturated heterocycles. The maximum absolute atomic E-state index is 12.2. The molecule has 1 aromatic heterocycles. The predicted molar refractivity (Wildman–Crippen MR) is 113 cm³/mol. The van der Waals surface area contributed by atoms with Crippen molar-refractivity contribution in [2.24, 2.45) is 0 Å². The van der Waals surface area contributed by atoms with Crippen LogP contribution in [0.25, 0.3) is 11.0 Å². The molecule has 1 aliphatic rings. The van der Waals surface area contributed by atoms with Gasteiger partial charge in [0, 0.05) is 32.7 Å². The van der Waals surface area contributed by atoms with Crippen LogP contribution in [0.5, 0.6) is 0 Å². The number of carbonyl (C=O) groups is 1. The third kappa shape index (κ3) is 3.81. The highest BCUT2D eigenvalue weighted by atomic mass is 16.2. The number of anilines is 1. The second-order valence-electron chi connectivity index (χ2n) is 7.18. The Kier molecular flexibility index (Phi) is 5.46. The predicted octanol–water partition coefficient (Wildman–Crippen LogP) is 3.33. The molecule has 0 atom stereocenters. The first kappa shape index (κ1) is 18.3. The average molecular weight is 377 g/mol. The van der Waals surface area contributed by atoms with Crippen LogP contribution in [0.4, 0.5) is 10.7 Å². The molecular formula is C22H27N5O. The fraction of sp³-hybridized carbons (Fsp3) is 0.364. The summed E-state index contributed by atoms with van der Waals surface area (Å²) >= 11 is 0. The van der Waals surface area contributed by atoms with E-state index in [2.05, 4.69) is 64.2 Å². The maximum atomic E-state index is 12.2. The Morgan fingerprint density at radius 1 is 1.00 bits per heavy atom. The van der Waals surface area contributed by atoms with Crippen molar-refractivity contribution in [1.29, 1.82) is 0 Å². The van der Waals surface area contributed by atoms with Crippen LogP contribution >= 0.6 is 0 Å². The van der Waals surface area contributed by atoms with Gasteiger partial charge in [-0.3, -0.25) is 0 Å². The Bertz CT molecular complexity index is 929. The third-order valence-electron chi connectivity index (χ3n) is 5.19. The fourth-order valence-electron chi connectivity index (χ4n) is 3.68. The molecule has 0 radical (unpaired) electrons. The van der Waals surface area contributed by atoms with E-state index in [-0.39, 0.29) is 6.03 Å². The lowest BCUT2D eigenvalue weighted by Crippen LogP contribution is -2.52. The summed E-state index contributed by atoms with van der Waals surface area (Å²) in [5.41, 5.74) is 3.41. The number of amides is 2. The summed E-state index contributed by atoms with van der Waals surface area (Å²) in [7, 11) is 0. The Morgan fingerprint density at radius 2 is 1.71 bits per heavy atom. The Balaban J connectivity index is 1.56. The van der Waals surface area contributed by atoms with E-state index in [0.717, 1.165) is 49.6 Å². The van der Waals surface area contributed by atoms with E-state index in [1.807, 2.05) is 17.0 Å². The van der Waals surface area contributed by atoms with Gasteiger partial charge < -0.3 is 19.7 Å². The molecule has 4 rings (SSSR count). The molecule has 3 aromatic rings. The van der Waals surface area contributed by atoms with Crippen molar-refractivity contribution in [3.8, 4) is 0 Å². The highest BCUT2D eigenvalue weighted by molar-refractivity contribution is 5.79. The number of benzene rings is 2. The van der Waals surface area contributed by atoms with E-state index in [0.29, 0.717) is 13.1 Å². The molecule has 2 amide bonds. The van der Waals surface area contributed by atoms with Gasteiger partial charge in [0.1, 0.15) is 0 Å². The maximum Gasteiger partial charge on any atom is 0.317 e. The van der Waals surface area contributed by atoms with Gasteiger partial charge in [-0.25, -0.2) is 9.78 Å². The van der Waals surface area contributed by atoms with Crippen LogP contribution in [0.1, 0.15) is 18.9 Å². The van der Waals surface area contributed by atoms with Crippen LogP contribution < -0.4 is 10.2 Å². The minimum Gasteiger partial charge on any atom is -0.339 e. The first-order valence-corrected chi connectivity index (χ1v) is 10.0. The first-order chi connectivity index (χ1) is 13.8. The van der Waals surface area contributed by atoms with Crippen LogP contribution in [0.15, 0.2) is 54.6 Å². The standard InChI is InChI=1S/C22H27N5O/c1-2-12-23-22(28)26-15-13-25(14-16-26)21-24-19-10-6-7-11-20(19)27(21)17-18-8-4-3-5-9-18/h3-11H,2,12-17H2,1H3,(H,23,28). The molecule has 0 spiro atoms. The number of imidazole rings is 1. The van der Waals surface area contributed by atoms with Crippen molar-refractivity contribution in [2.45, 2.75) is 19.9 Å². The zero-order valence-electron chi connectivity index (χ0n) is 16.3. The molecule has 28 heavy (non-hydrogen) atoms. The van der Waals surface area contributed by atoms with Crippen molar-refractivity contribution in [3.05, 3.63) is 60.2 Å². The molecule has 0 aliphatic carbocycles. The number of urea groups is 1. The second kappa shape index (κ2) is 8.33. The number of hydrogen-bond acceptors (Lipinski definition) is 3. The molecule has 0 unspecified atom stereocenters. The number of piperazine rings is 1. The number of fused-ring (bicyclic) bond motifs is 1. The van der Waals surface area contributed by atoms with Gasteiger partial charge in [-0.1, -0.05) is 49.4 Å². The Morgan fingerprint density at radius 3 is 2.46 bits per heavy atom. The molecule has 2 heterocycles. The highest BCUT2D eigenvalue weighted by Crippen LogP contribution is 2.25. The molecular weight excluding hydrogens is 350 g/mol. The van der Waals surface area contributed by atoms with E-state index in [1.54, 1.807) is 0 Å². The topological polar surface area (TPSA) is 53.4 Å². The first-order valence-electron chi connectivity index (χ1n) is 10.0. The lowest BCUT2D eigenvalue weighted by molar-refractivity contribution is 0.194. The average Bonchev–Trinajstić information content (AvgIpc) is 3.11. The van der Waals surface area contributed by atoms with Gasteiger partial charge in [-0.15, -0.1) is 0 Å². The van der Waals surface area contributed by atoms with Gasteiger partial charge in [0.15, 0.2) is 0 Å². The molecule has 1 fully saturated rings. The van der Waals surface area contributed by atoms with Gasteiger partial charge >= 0.3 is 6.03 Å². The number of nitrogens with zero attached hydrogens (tertiary/aromatic N) is 4. The summed E-state index contributed by atoms with van der Waals surface area (Å²) in [6, 6.07) is 18.8. The van der Waals surface area contributed by atoms with Crippen molar-refractivity contribution in [1.82, 2.24) is 19.8 Å². The molecule has 2 aromatic carbocycles. The van der Waals surface area contributed by atoms with Crippen molar-refractivity contribution >= 4 is 23.0 Å². The Labute approximate surface area is 165 Å². The smallest absolute Gasteiger partial charge is 0.317 e. The van der Waals surface area contributed by atoms with Crippen LogP contribution in [-0.2, 0) is 6.54 Å². The minimum absolute atomic E-state index is 0.0410. The van der Waals surface area contributed by atoms with Gasteiger partial charge in [0.2, 0.25) is 5.95 Å². The summed E-state index contributed by atoms with van der Waals surface area (Å²) in [4.78, 5) is 21.3. The van der Waals surface area contributed by atoms with Gasteiger partial charge in [-0.2, -0.15) is 0 Å². The summed E-state index contributed by atoms with van der Waals surface area (Å²) in [6.45, 7) is 6.58. The van der Waals surface area contributed by atoms with E-state index < -0.39 is 0 Å². The second-order valence-corrected chi connectivity index (χ2v) is 7.18. The van der Waals surface area contributed by atoms with Gasteiger partial charge in [0.25, 0.3) is 0 Å². The molecule has 6 heteroatoms. The quantitative estimate of drug-likeness (QED) is 0.742. The van der Waals surface area contributed by atoms with Crippen molar-refractivity contribution < 1.29 is 4.79 Å². The molecule has 6 nitrogen and oxygen atoms in total. The molecule has 1 N–H and O–H groups in total. The van der Waals surface area contributed by atoms with Gasteiger partial charge in [0.05, 0.1) is 17.6 Å². The number of hydrogen-bond donors (Lipinski definition) is 1. The van der Waals surface area contributed by atoms with Crippen LogP contribution in [0.2, 0.25) is 0 Å². The van der Waals surface area contributed by atoms with E-state index in [1.165, 1.54) is 5.56 Å². The number of aromatic nitrogens is 2. The van der Waals surface area contributed by atoms with Gasteiger partial charge in [-0.05, 0) is 24.1 Å². The number of nitrogens with one attached hydrogen (secondary N) is 1. The lowest BCUT2D eigenvalue weighted by atomic mass is 10.2. The molecule has 146 valence electrons. The molecule has 1 aliphatic heterocycles. The van der Waals surface area contributed by atoms with E-state index in [4.69, 9.17) is 4.98 Å². The number of para-hydroxylation sites is 2. The third-order valence-corrected chi connectivity index (χ3v) is 5.19. The summed E-state index contributed by atoms with van der Waals surface area (Å²) in [6.07, 6.45) is 0.954. The number of rotatable bonds is 5. The molecule has 0 saturated carbocycles. The monoisotopic (exact) mass is 377 g/mol. The van der Waals surface area contributed by atoms with Crippen LogP contribution in [0.3, 0.4) is 0 Å². The summed E-state index contributed by atoms with van der Waals surface area (Å²) < 4.78 is 2.29. The minimum atomic E-state index is 0.0410. The lowest BCUT2D eigenvalue weighted by Gasteiger charge is -2.35. The van der Waals surface area contributed by atoms with Crippen LogP contribution in [-0.4, -0.2) is 53.2 Å². The zero-order valence-corrected chi connectivity index (χ0v) is 16.3.